The molecule has 3 aromatic rings. The van der Waals surface area contributed by atoms with Crippen LogP contribution in [-0.4, -0.2) is 27.5 Å². The van der Waals surface area contributed by atoms with E-state index in [2.05, 4.69) is 10.3 Å². The largest absolute Gasteiger partial charge is 0.451 e. The first-order valence-electron chi connectivity index (χ1n) is 7.91. The number of carbonyl (C=O) groups excluding carboxylic acids is 2. The van der Waals surface area contributed by atoms with Gasteiger partial charge in [-0.25, -0.2) is 4.98 Å². The Morgan fingerprint density at radius 3 is 2.93 bits per heavy atom. The molecule has 1 aromatic carbocycles. The molecule has 8 nitrogen and oxygen atoms in total. The van der Waals surface area contributed by atoms with E-state index in [1.165, 1.54) is 24.6 Å². The first kappa shape index (κ1) is 18.3. The molecule has 0 saturated heterocycles. The summed E-state index contributed by atoms with van der Waals surface area (Å²) in [6, 6.07) is 10.3. The van der Waals surface area contributed by atoms with Gasteiger partial charge in [0, 0.05) is 0 Å². The van der Waals surface area contributed by atoms with E-state index in [4.69, 9.17) is 10.00 Å². The van der Waals surface area contributed by atoms with Gasteiger partial charge >= 0.3 is 5.97 Å². The zero-order chi connectivity index (χ0) is 19.4. The number of carbonyl (C=O) groups is 2. The van der Waals surface area contributed by atoms with Gasteiger partial charge in [-0.1, -0.05) is 12.1 Å². The summed E-state index contributed by atoms with van der Waals surface area (Å²) in [6.45, 7) is 1.05. The molecular formula is C18H14N4O4S. The van der Waals surface area contributed by atoms with Crippen molar-refractivity contribution < 1.29 is 14.3 Å². The van der Waals surface area contributed by atoms with Crippen LogP contribution < -0.4 is 10.9 Å². The number of rotatable bonds is 5. The summed E-state index contributed by atoms with van der Waals surface area (Å²) >= 11 is 1.20. The van der Waals surface area contributed by atoms with Gasteiger partial charge in [0.15, 0.2) is 6.10 Å². The summed E-state index contributed by atoms with van der Waals surface area (Å²) in [5.41, 5.74) is 0.497. The number of anilines is 1. The number of aromatic nitrogens is 2. The Kier molecular flexibility index (Phi) is 5.28. The molecule has 0 saturated carbocycles. The molecule has 9 heteroatoms. The van der Waals surface area contributed by atoms with Crippen molar-refractivity contribution in [2.75, 3.05) is 5.32 Å². The van der Waals surface area contributed by atoms with Crippen LogP contribution in [0.4, 0.5) is 5.00 Å². The molecular weight excluding hydrogens is 368 g/mol. The van der Waals surface area contributed by atoms with Crippen molar-refractivity contribution in [2.45, 2.75) is 19.6 Å². The minimum atomic E-state index is -1.09. The zero-order valence-corrected chi connectivity index (χ0v) is 15.0. The molecule has 0 aliphatic carbocycles. The maximum Gasteiger partial charge on any atom is 0.326 e. The molecule has 0 aliphatic rings. The second-order valence-corrected chi connectivity index (χ2v) is 6.51. The number of hydrogen-bond acceptors (Lipinski definition) is 7. The molecule has 27 heavy (non-hydrogen) atoms. The Hall–Kier alpha value is -3.51. The van der Waals surface area contributed by atoms with Crippen LogP contribution >= 0.6 is 11.3 Å². The maximum atomic E-state index is 12.4. The normalized spacial score (nSPS) is 11.6. The van der Waals surface area contributed by atoms with Crippen molar-refractivity contribution in [3.05, 3.63) is 58.0 Å². The Balaban J connectivity index is 1.65. The van der Waals surface area contributed by atoms with Crippen LogP contribution in [0.3, 0.4) is 0 Å². The standard InChI is InChI=1S/C18H14N4O4S/c1-11(16(24)21-17-12(8-19)6-7-27-17)26-15(23)9-22-10-20-14-5-3-2-4-13(14)18(22)25/h2-7,10-11H,9H2,1H3,(H,21,24)/t11-/m0/s1. The number of esters is 1. The smallest absolute Gasteiger partial charge is 0.326 e. The lowest BCUT2D eigenvalue weighted by atomic mass is 10.2. The van der Waals surface area contributed by atoms with Gasteiger partial charge in [0.25, 0.3) is 11.5 Å². The average molecular weight is 382 g/mol. The molecule has 2 aromatic heterocycles. The van der Waals surface area contributed by atoms with Crippen molar-refractivity contribution in [2.24, 2.45) is 0 Å². The van der Waals surface area contributed by atoms with E-state index in [0.717, 1.165) is 4.57 Å². The predicted molar refractivity (Wildman–Crippen MR) is 99.2 cm³/mol. The van der Waals surface area contributed by atoms with Gasteiger partial charge < -0.3 is 10.1 Å². The number of ether oxygens (including phenoxy) is 1. The Morgan fingerprint density at radius 1 is 1.37 bits per heavy atom. The molecule has 0 bridgehead atoms. The SMILES string of the molecule is C[C@H](OC(=O)Cn1cnc2ccccc2c1=O)C(=O)Nc1sccc1C#N. The van der Waals surface area contributed by atoms with E-state index in [1.807, 2.05) is 6.07 Å². The second-order valence-electron chi connectivity index (χ2n) is 5.59. The highest BCUT2D eigenvalue weighted by Crippen LogP contribution is 2.22. The van der Waals surface area contributed by atoms with E-state index in [1.54, 1.807) is 35.7 Å². The number of fused-ring (bicyclic) bond motifs is 1. The Bertz CT molecular complexity index is 1110. The van der Waals surface area contributed by atoms with Crippen LogP contribution in [0.15, 0.2) is 46.8 Å². The van der Waals surface area contributed by atoms with Crippen LogP contribution in [0, 0.1) is 11.3 Å². The number of thiophene rings is 1. The first-order valence-corrected chi connectivity index (χ1v) is 8.79. The average Bonchev–Trinajstić information content (AvgIpc) is 3.11. The van der Waals surface area contributed by atoms with Crippen molar-refractivity contribution >= 4 is 39.1 Å². The van der Waals surface area contributed by atoms with Crippen molar-refractivity contribution in [1.29, 1.82) is 5.26 Å². The molecule has 0 spiro atoms. The highest BCUT2D eigenvalue weighted by Gasteiger charge is 2.20. The van der Waals surface area contributed by atoms with Gasteiger partial charge in [-0.05, 0) is 30.5 Å². The molecule has 1 N–H and O–H groups in total. The van der Waals surface area contributed by atoms with Crippen molar-refractivity contribution in [3.63, 3.8) is 0 Å². The lowest BCUT2D eigenvalue weighted by Crippen LogP contribution is -2.33. The van der Waals surface area contributed by atoms with E-state index in [-0.39, 0.29) is 12.1 Å². The summed E-state index contributed by atoms with van der Waals surface area (Å²) in [5.74, 6) is -1.31. The van der Waals surface area contributed by atoms with Gasteiger partial charge in [0.05, 0.1) is 22.8 Å². The number of nitriles is 1. The maximum absolute atomic E-state index is 12.4. The summed E-state index contributed by atoms with van der Waals surface area (Å²) in [4.78, 5) is 40.7. The fraction of sp³-hybridized carbons (Fsp3) is 0.167. The third-order valence-corrected chi connectivity index (χ3v) is 4.56. The van der Waals surface area contributed by atoms with E-state index >= 15 is 0 Å². The van der Waals surface area contributed by atoms with Gasteiger partial charge in [0.1, 0.15) is 17.6 Å². The summed E-state index contributed by atoms with van der Waals surface area (Å²) < 4.78 is 6.22. The second kappa shape index (κ2) is 7.80. The van der Waals surface area contributed by atoms with Gasteiger partial charge in [0.2, 0.25) is 0 Å². The van der Waals surface area contributed by atoms with Crippen LogP contribution in [0.5, 0.6) is 0 Å². The summed E-state index contributed by atoms with van der Waals surface area (Å²) in [7, 11) is 0. The van der Waals surface area contributed by atoms with E-state index in [0.29, 0.717) is 21.5 Å². The summed E-state index contributed by atoms with van der Waals surface area (Å²) in [5, 5.41) is 13.9. The third kappa shape index (κ3) is 4.02. The molecule has 1 atom stereocenters. The Labute approximate surface area is 157 Å². The van der Waals surface area contributed by atoms with E-state index in [9.17, 15) is 14.4 Å². The molecule has 2 heterocycles. The fourth-order valence-electron chi connectivity index (χ4n) is 2.35. The number of para-hydroxylation sites is 1. The van der Waals surface area contributed by atoms with Crippen LogP contribution in [0.1, 0.15) is 12.5 Å². The quantitative estimate of drug-likeness (QED) is 0.674. The molecule has 0 aliphatic heterocycles. The zero-order valence-electron chi connectivity index (χ0n) is 14.2. The first-order chi connectivity index (χ1) is 13.0. The highest BCUT2D eigenvalue weighted by molar-refractivity contribution is 7.14. The number of nitrogens with zero attached hydrogens (tertiary/aromatic N) is 3. The topological polar surface area (TPSA) is 114 Å². The van der Waals surface area contributed by atoms with Crippen LogP contribution in [0.2, 0.25) is 0 Å². The van der Waals surface area contributed by atoms with Crippen molar-refractivity contribution in [3.8, 4) is 6.07 Å². The van der Waals surface area contributed by atoms with Crippen LogP contribution in [0.25, 0.3) is 10.9 Å². The summed E-state index contributed by atoms with van der Waals surface area (Å²) in [6.07, 6.45) is 0.178. The van der Waals surface area contributed by atoms with Gasteiger partial charge in [-0.15, -0.1) is 11.3 Å². The lowest BCUT2D eigenvalue weighted by molar-refractivity contribution is -0.153. The Morgan fingerprint density at radius 2 is 2.15 bits per heavy atom. The van der Waals surface area contributed by atoms with E-state index < -0.39 is 18.0 Å². The van der Waals surface area contributed by atoms with Gasteiger partial charge in [-0.2, -0.15) is 5.26 Å². The lowest BCUT2D eigenvalue weighted by Gasteiger charge is -2.13. The predicted octanol–water partition coefficient (Wildman–Crippen LogP) is 1.90. The minimum absolute atomic E-state index is 0.334. The third-order valence-electron chi connectivity index (χ3n) is 3.73. The molecule has 3 rings (SSSR count). The molecule has 0 fully saturated rings. The van der Waals surface area contributed by atoms with Crippen LogP contribution in [-0.2, 0) is 20.9 Å². The minimum Gasteiger partial charge on any atom is -0.451 e. The number of benzene rings is 1. The van der Waals surface area contributed by atoms with Gasteiger partial charge in [-0.3, -0.25) is 19.0 Å². The molecule has 0 unspecified atom stereocenters. The number of nitrogens with one attached hydrogen (secondary N) is 1. The number of amides is 1. The van der Waals surface area contributed by atoms with Crippen molar-refractivity contribution in [1.82, 2.24) is 9.55 Å². The highest BCUT2D eigenvalue weighted by atomic mass is 32.1. The molecule has 1 amide bonds. The molecule has 0 radical (unpaired) electrons. The monoisotopic (exact) mass is 382 g/mol. The molecule has 136 valence electrons. The number of hydrogen-bond donors (Lipinski definition) is 1. The fourth-order valence-corrected chi connectivity index (χ4v) is 3.09.